The van der Waals surface area contributed by atoms with Crippen LogP contribution < -0.4 is 5.32 Å². The van der Waals surface area contributed by atoms with E-state index in [2.05, 4.69) is 15.0 Å². The Morgan fingerprint density at radius 3 is 2.69 bits per heavy atom. The molecule has 13 heavy (non-hydrogen) atoms. The standard InChI is InChI=1S/C9H14N2O2/c1-6(2)9(12)10-7(3)8-4-5-13-11-8/h4-7H,1-3H3,(H,10,12). The number of carbonyl (C=O) groups excluding carboxylic acids is 1. The van der Waals surface area contributed by atoms with E-state index in [0.29, 0.717) is 0 Å². The smallest absolute Gasteiger partial charge is 0.223 e. The van der Waals surface area contributed by atoms with Gasteiger partial charge in [0.05, 0.1) is 6.04 Å². The summed E-state index contributed by atoms with van der Waals surface area (Å²) in [5.41, 5.74) is 0.744. The fraction of sp³-hybridized carbons (Fsp3) is 0.556. The van der Waals surface area contributed by atoms with Gasteiger partial charge in [-0.25, -0.2) is 0 Å². The number of hydrogen-bond acceptors (Lipinski definition) is 3. The van der Waals surface area contributed by atoms with Crippen molar-refractivity contribution in [2.24, 2.45) is 5.92 Å². The molecule has 0 radical (unpaired) electrons. The number of amides is 1. The maximum absolute atomic E-state index is 11.3. The van der Waals surface area contributed by atoms with Crippen molar-refractivity contribution in [2.75, 3.05) is 0 Å². The van der Waals surface area contributed by atoms with Crippen LogP contribution in [0.5, 0.6) is 0 Å². The van der Waals surface area contributed by atoms with Gasteiger partial charge in [0, 0.05) is 12.0 Å². The van der Waals surface area contributed by atoms with Crippen LogP contribution in [0.1, 0.15) is 32.5 Å². The summed E-state index contributed by atoms with van der Waals surface area (Å²) in [5.74, 6) is 0.0184. The van der Waals surface area contributed by atoms with Crippen LogP contribution in [0.15, 0.2) is 16.9 Å². The molecule has 1 rings (SSSR count). The minimum absolute atomic E-state index is 0.00523. The van der Waals surface area contributed by atoms with Gasteiger partial charge in [-0.1, -0.05) is 19.0 Å². The predicted octanol–water partition coefficient (Wildman–Crippen LogP) is 1.51. The van der Waals surface area contributed by atoms with Gasteiger partial charge in [-0.15, -0.1) is 0 Å². The molecular formula is C9H14N2O2. The molecule has 0 bridgehead atoms. The lowest BCUT2D eigenvalue weighted by Gasteiger charge is -2.12. The molecule has 1 N–H and O–H groups in total. The Morgan fingerprint density at radius 1 is 1.54 bits per heavy atom. The first kappa shape index (κ1) is 9.77. The van der Waals surface area contributed by atoms with Crippen LogP contribution in [0.25, 0.3) is 0 Å². The van der Waals surface area contributed by atoms with E-state index < -0.39 is 0 Å². The number of aromatic nitrogens is 1. The third-order valence-electron chi connectivity index (χ3n) is 1.78. The summed E-state index contributed by atoms with van der Waals surface area (Å²) >= 11 is 0. The van der Waals surface area contributed by atoms with E-state index >= 15 is 0 Å². The van der Waals surface area contributed by atoms with E-state index in [1.165, 1.54) is 6.26 Å². The first-order chi connectivity index (χ1) is 6.11. The predicted molar refractivity (Wildman–Crippen MR) is 47.9 cm³/mol. The molecule has 0 saturated heterocycles. The molecule has 0 saturated carbocycles. The Bertz CT molecular complexity index is 267. The van der Waals surface area contributed by atoms with Gasteiger partial charge in [0.25, 0.3) is 0 Å². The molecular weight excluding hydrogens is 168 g/mol. The maximum atomic E-state index is 11.3. The van der Waals surface area contributed by atoms with Crippen LogP contribution in [-0.4, -0.2) is 11.1 Å². The molecule has 0 aliphatic heterocycles. The molecule has 4 heteroatoms. The van der Waals surface area contributed by atoms with Gasteiger partial charge >= 0.3 is 0 Å². The molecule has 72 valence electrons. The summed E-state index contributed by atoms with van der Waals surface area (Å²) in [6.07, 6.45) is 1.49. The van der Waals surface area contributed by atoms with Crippen molar-refractivity contribution in [2.45, 2.75) is 26.8 Å². The van der Waals surface area contributed by atoms with Gasteiger partial charge in [-0.2, -0.15) is 0 Å². The second-order valence-corrected chi connectivity index (χ2v) is 3.31. The molecule has 0 aromatic carbocycles. The summed E-state index contributed by atoms with van der Waals surface area (Å²) < 4.78 is 4.68. The molecule has 0 spiro atoms. The van der Waals surface area contributed by atoms with Crippen molar-refractivity contribution in [1.29, 1.82) is 0 Å². The first-order valence-corrected chi connectivity index (χ1v) is 4.32. The molecule has 1 unspecified atom stereocenters. The van der Waals surface area contributed by atoms with Crippen molar-refractivity contribution in [1.82, 2.24) is 10.5 Å². The highest BCUT2D eigenvalue weighted by atomic mass is 16.5. The Hall–Kier alpha value is -1.32. The highest BCUT2D eigenvalue weighted by molar-refractivity contribution is 5.78. The van der Waals surface area contributed by atoms with Crippen molar-refractivity contribution in [3.8, 4) is 0 Å². The zero-order chi connectivity index (χ0) is 9.84. The molecule has 1 aromatic heterocycles. The van der Waals surface area contributed by atoms with Gasteiger partial charge in [0.15, 0.2) is 0 Å². The van der Waals surface area contributed by atoms with E-state index in [1.807, 2.05) is 20.8 Å². The number of hydrogen-bond donors (Lipinski definition) is 1. The van der Waals surface area contributed by atoms with E-state index in [1.54, 1.807) is 6.07 Å². The average molecular weight is 182 g/mol. The fourth-order valence-electron chi connectivity index (χ4n) is 0.899. The Balaban J connectivity index is 2.51. The van der Waals surface area contributed by atoms with Crippen LogP contribution in [0.2, 0.25) is 0 Å². The van der Waals surface area contributed by atoms with Gasteiger partial charge in [-0.05, 0) is 6.92 Å². The van der Waals surface area contributed by atoms with E-state index in [-0.39, 0.29) is 17.9 Å². The lowest BCUT2D eigenvalue weighted by molar-refractivity contribution is -0.124. The molecule has 1 aromatic rings. The van der Waals surface area contributed by atoms with E-state index in [9.17, 15) is 4.79 Å². The van der Waals surface area contributed by atoms with Crippen LogP contribution >= 0.6 is 0 Å². The van der Waals surface area contributed by atoms with Gasteiger partial charge in [-0.3, -0.25) is 4.79 Å². The number of nitrogens with zero attached hydrogens (tertiary/aromatic N) is 1. The minimum atomic E-state index is -0.0892. The largest absolute Gasteiger partial charge is 0.364 e. The van der Waals surface area contributed by atoms with Crippen LogP contribution in [0.3, 0.4) is 0 Å². The highest BCUT2D eigenvalue weighted by Gasteiger charge is 2.13. The van der Waals surface area contributed by atoms with Gasteiger partial charge in [0.2, 0.25) is 5.91 Å². The summed E-state index contributed by atoms with van der Waals surface area (Å²) in [5, 5.41) is 6.56. The molecule has 1 atom stereocenters. The summed E-state index contributed by atoms with van der Waals surface area (Å²) in [4.78, 5) is 11.3. The van der Waals surface area contributed by atoms with Gasteiger partial charge in [0.1, 0.15) is 12.0 Å². The van der Waals surface area contributed by atoms with Crippen molar-refractivity contribution in [3.05, 3.63) is 18.0 Å². The minimum Gasteiger partial charge on any atom is -0.364 e. The third-order valence-corrected chi connectivity index (χ3v) is 1.78. The average Bonchev–Trinajstić information content (AvgIpc) is 2.55. The van der Waals surface area contributed by atoms with Crippen LogP contribution in [0.4, 0.5) is 0 Å². The third kappa shape index (κ3) is 2.57. The Kier molecular flexibility index (Phi) is 3.06. The summed E-state index contributed by atoms with van der Waals surface area (Å²) in [7, 11) is 0. The monoisotopic (exact) mass is 182 g/mol. The molecule has 1 amide bonds. The topological polar surface area (TPSA) is 55.1 Å². The van der Waals surface area contributed by atoms with Crippen molar-refractivity contribution < 1.29 is 9.32 Å². The maximum Gasteiger partial charge on any atom is 0.223 e. The zero-order valence-electron chi connectivity index (χ0n) is 8.07. The molecule has 0 aliphatic rings. The lowest BCUT2D eigenvalue weighted by Crippen LogP contribution is -2.30. The van der Waals surface area contributed by atoms with Crippen LogP contribution in [0, 0.1) is 5.92 Å². The normalized spacial score (nSPS) is 12.9. The number of nitrogens with one attached hydrogen (secondary N) is 1. The van der Waals surface area contributed by atoms with E-state index in [0.717, 1.165) is 5.69 Å². The Morgan fingerprint density at radius 2 is 2.23 bits per heavy atom. The summed E-state index contributed by atoms with van der Waals surface area (Å²) in [6.45, 7) is 5.58. The van der Waals surface area contributed by atoms with Crippen molar-refractivity contribution in [3.63, 3.8) is 0 Å². The Labute approximate surface area is 77.3 Å². The molecule has 4 nitrogen and oxygen atoms in total. The number of rotatable bonds is 3. The quantitative estimate of drug-likeness (QED) is 0.770. The second kappa shape index (κ2) is 4.07. The molecule has 1 heterocycles. The SMILES string of the molecule is CC(C)C(=O)NC(C)c1ccon1. The molecule has 0 fully saturated rings. The lowest BCUT2D eigenvalue weighted by atomic mass is 10.1. The second-order valence-electron chi connectivity index (χ2n) is 3.31. The van der Waals surface area contributed by atoms with Gasteiger partial charge < -0.3 is 9.84 Å². The fourth-order valence-corrected chi connectivity index (χ4v) is 0.899. The first-order valence-electron chi connectivity index (χ1n) is 4.32. The zero-order valence-corrected chi connectivity index (χ0v) is 8.07. The molecule has 0 aliphatic carbocycles. The van der Waals surface area contributed by atoms with E-state index in [4.69, 9.17) is 0 Å². The van der Waals surface area contributed by atoms with Crippen molar-refractivity contribution >= 4 is 5.91 Å². The number of carbonyl (C=O) groups is 1. The summed E-state index contributed by atoms with van der Waals surface area (Å²) in [6, 6.07) is 1.65. The van der Waals surface area contributed by atoms with Crippen LogP contribution in [-0.2, 0) is 4.79 Å². The highest BCUT2D eigenvalue weighted by Crippen LogP contribution is 2.09.